The first-order chi connectivity index (χ1) is 44.2. The first kappa shape index (κ1) is 57.7. The molecule has 0 aliphatic rings. The number of nitrogens with zero attached hydrogens (tertiary/aromatic N) is 4. The third-order valence-corrected chi connectivity index (χ3v) is 16.4. The Morgan fingerprint density at radius 1 is 0.456 bits per heavy atom. The summed E-state index contributed by atoms with van der Waals surface area (Å²) in [6.45, 7) is 2.13. The number of hydrogen-bond acceptors (Lipinski definition) is 12. The fourth-order valence-electron chi connectivity index (χ4n) is 11.7. The van der Waals surface area contributed by atoms with E-state index in [0.717, 1.165) is 103 Å². The molecule has 0 bridgehead atoms. The summed E-state index contributed by atoms with van der Waals surface area (Å²) >= 11 is 3.24. The van der Waals surface area contributed by atoms with Crippen molar-refractivity contribution < 1.29 is 37.6 Å². The Labute approximate surface area is 524 Å². The van der Waals surface area contributed by atoms with E-state index in [1.165, 1.54) is 28.8 Å². The molecule has 12 nitrogen and oxygen atoms in total. The molecule has 16 rings (SSSR count). The molecule has 0 aliphatic heterocycles. The number of hydrogen-bond donors (Lipinski definition) is 1. The molecule has 1 radical (unpaired) electrons. The maximum absolute atomic E-state index is 11.0. The number of para-hydroxylation sites is 2. The molecule has 0 atom stereocenters. The summed E-state index contributed by atoms with van der Waals surface area (Å²) in [5.74, 6) is 1.32. The Morgan fingerprint density at radius 3 is 1.40 bits per heavy atom. The minimum Gasteiger partial charge on any atom is -0.535 e. The number of aromatic nitrogens is 4. The highest BCUT2D eigenvalue weighted by Gasteiger charge is 2.24. The van der Waals surface area contributed by atoms with Crippen molar-refractivity contribution in [2.24, 2.45) is 0 Å². The lowest BCUT2D eigenvalue weighted by Crippen LogP contribution is -2.01. The topological polar surface area (TPSA) is 168 Å². The molecule has 0 amide bonds. The van der Waals surface area contributed by atoms with Gasteiger partial charge < -0.3 is 23.2 Å². The third-order valence-electron chi connectivity index (χ3n) is 15.7. The van der Waals surface area contributed by atoms with Gasteiger partial charge in [-0.25, -0.2) is 14.8 Å². The second-order valence-corrected chi connectivity index (χ2v) is 21.7. The van der Waals surface area contributed by atoms with E-state index < -0.39 is 0 Å². The molecule has 0 saturated heterocycles. The minimum absolute atomic E-state index is 0.250. The maximum Gasteiger partial charge on any atom is 0.569 e. The number of carbonyl (C=O) groups excluding carboxylic acids is 3. The molecule has 0 aliphatic carbocycles. The predicted molar refractivity (Wildman–Crippen MR) is 360 cm³/mol. The zero-order chi connectivity index (χ0) is 61.7. The van der Waals surface area contributed by atoms with Crippen molar-refractivity contribution in [3.63, 3.8) is 0 Å². The third kappa shape index (κ3) is 11.0. The van der Waals surface area contributed by atoms with Gasteiger partial charge >= 0.3 is 19.8 Å². The number of carbonyl (C=O) groups is 1. The number of halogens is 1. The molecule has 12 aromatic carbocycles. The van der Waals surface area contributed by atoms with Crippen molar-refractivity contribution >= 4 is 123 Å². The van der Waals surface area contributed by atoms with E-state index >= 15 is 0 Å². The van der Waals surface area contributed by atoms with Crippen molar-refractivity contribution in [3.8, 4) is 62.2 Å². The lowest BCUT2D eigenvalue weighted by Gasteiger charge is -2.11. The summed E-state index contributed by atoms with van der Waals surface area (Å²) in [4.78, 5) is 47.7. The smallest absolute Gasteiger partial charge is 0.535 e. The maximum atomic E-state index is 11.0. The van der Waals surface area contributed by atoms with Crippen LogP contribution in [0.5, 0.6) is 5.75 Å². The largest absolute Gasteiger partial charge is 0.569 e. The highest BCUT2D eigenvalue weighted by molar-refractivity contribution is 9.10. The van der Waals surface area contributed by atoms with Crippen LogP contribution < -0.4 is 4.65 Å². The molecule has 16 aromatic rings. The van der Waals surface area contributed by atoms with E-state index in [4.69, 9.17) is 43.0 Å². The molecule has 1 N–H and O–H groups in total. The van der Waals surface area contributed by atoms with E-state index in [-0.39, 0.29) is 12.1 Å². The Kier molecular flexibility index (Phi) is 16.3. The van der Waals surface area contributed by atoms with E-state index in [9.17, 15) is 9.82 Å². The number of rotatable bonds is 8. The normalized spacial score (nSPS) is 11.0. The van der Waals surface area contributed by atoms with Crippen molar-refractivity contribution in [1.29, 1.82) is 0 Å². The lowest BCUT2D eigenvalue weighted by molar-refractivity contribution is -0.191. The lowest BCUT2D eigenvalue weighted by atomic mass is 9.96. The average Bonchev–Trinajstić information content (AvgIpc) is 1.56. The van der Waals surface area contributed by atoms with Gasteiger partial charge in [0.05, 0.1) is 34.8 Å². The van der Waals surface area contributed by atoms with Crippen LogP contribution in [0.25, 0.3) is 144 Å². The van der Waals surface area contributed by atoms with Gasteiger partial charge in [-0.1, -0.05) is 224 Å². The Hall–Kier alpha value is -11.4. The van der Waals surface area contributed by atoms with Crippen LogP contribution >= 0.6 is 15.9 Å². The summed E-state index contributed by atoms with van der Waals surface area (Å²) in [7, 11) is 2.01. The zero-order valence-electron chi connectivity index (χ0n) is 48.3. The number of ether oxygens (including phenoxy) is 1. The number of aryl methyl sites for hydroxylation is 1. The number of furan rings is 2. The molecule has 0 spiro atoms. The van der Waals surface area contributed by atoms with Crippen LogP contribution in [0.4, 0.5) is 0 Å². The van der Waals surface area contributed by atoms with Gasteiger partial charge in [-0.2, -0.15) is 19.6 Å². The van der Waals surface area contributed by atoms with Gasteiger partial charge in [-0.15, -0.1) is 0 Å². The van der Waals surface area contributed by atoms with Gasteiger partial charge in [0.2, 0.25) is 11.4 Å². The standard InChI is InChI=1S/C37H24N2O.C30H18BN2O3.C8H7BrO2.CO2/c1-23-12-5-7-16-26(23)30-20-11-21-31-33-34(24-13-3-2-4-14-24)38-36(39-37(33)40-35(30)31)32-22-25-15-6-8-17-27(25)28-18-9-10-19-29(28)32;34-31-36-25-16-8-15-23-26-27(18-9-2-1-3-10-18)32-29(33-30(26)35-28(23)25)24-17-19-11-4-5-12-20(19)21-13-6-7-14-22(21)24;1-11-8(10)6-4-2-3-5-7(6)9;2-1-3/h2-22H,1H3;1-17,34H;2-5H,1H3;. The van der Waals surface area contributed by atoms with E-state index in [2.05, 4.69) is 191 Å². The van der Waals surface area contributed by atoms with Crippen LogP contribution in [-0.2, 0) is 14.3 Å². The van der Waals surface area contributed by atoms with E-state index in [1.54, 1.807) is 24.3 Å². The van der Waals surface area contributed by atoms with Crippen LogP contribution in [0.1, 0.15) is 15.9 Å². The zero-order valence-corrected chi connectivity index (χ0v) is 49.9. The second kappa shape index (κ2) is 25.5. The Balaban J connectivity index is 0.000000137. The molecular weight excluding hydrogens is 1190 g/mol. The van der Waals surface area contributed by atoms with E-state index in [0.29, 0.717) is 47.7 Å². The van der Waals surface area contributed by atoms with Crippen LogP contribution in [0.15, 0.2) is 268 Å². The number of fused-ring (bicyclic) bond motifs is 12. The van der Waals surface area contributed by atoms with Crippen LogP contribution in [-0.4, -0.2) is 51.9 Å². The molecule has 4 aromatic heterocycles. The molecular formula is C76H49BBrN4O8. The van der Waals surface area contributed by atoms with Crippen molar-refractivity contribution in [2.75, 3.05) is 7.11 Å². The van der Waals surface area contributed by atoms with E-state index in [1.807, 2.05) is 66.7 Å². The molecule has 0 fully saturated rings. The average molecular weight is 1240 g/mol. The van der Waals surface area contributed by atoms with Crippen molar-refractivity contribution in [1.82, 2.24) is 19.9 Å². The fourth-order valence-corrected chi connectivity index (χ4v) is 12.1. The quantitative estimate of drug-likeness (QED) is 0.0870. The van der Waals surface area contributed by atoms with Crippen LogP contribution in [0.3, 0.4) is 0 Å². The Bertz CT molecular complexity index is 5420. The number of benzene rings is 12. The SMILES string of the molecule is COC(=O)c1ccccc1Br.Cc1ccccc1-c1cccc2c1oc1nc(-c3cc4ccccc4c4ccccc34)nc(-c3ccccc3)c12.O=C=O.O[B]Oc1cccc2c1oc1nc(-c3cc4ccccc4c4ccccc34)nc(-c3ccccc3)c12. The predicted octanol–water partition coefficient (Wildman–Crippen LogP) is 18.6. The monoisotopic (exact) mass is 1240 g/mol. The second-order valence-electron chi connectivity index (χ2n) is 20.9. The van der Waals surface area contributed by atoms with Gasteiger partial charge in [0.25, 0.3) is 0 Å². The molecule has 431 valence electrons. The summed E-state index contributed by atoms with van der Waals surface area (Å²) in [5.41, 5.74) is 11.9. The molecule has 14 heteroatoms. The van der Waals surface area contributed by atoms with Gasteiger partial charge in [-0.05, 0) is 107 Å². The van der Waals surface area contributed by atoms with Crippen molar-refractivity contribution in [2.45, 2.75) is 6.92 Å². The number of methoxy groups -OCH3 is 1. The van der Waals surface area contributed by atoms with Gasteiger partial charge in [0.15, 0.2) is 17.2 Å². The summed E-state index contributed by atoms with van der Waals surface area (Å²) < 4.78 is 23.5. The molecule has 4 heterocycles. The Morgan fingerprint density at radius 2 is 0.878 bits per heavy atom. The van der Waals surface area contributed by atoms with Gasteiger partial charge in [-0.3, -0.25) is 0 Å². The summed E-state index contributed by atoms with van der Waals surface area (Å²) in [6.07, 6.45) is 0.250. The first-order valence-corrected chi connectivity index (χ1v) is 29.4. The van der Waals surface area contributed by atoms with Gasteiger partial charge in [0.1, 0.15) is 11.3 Å². The summed E-state index contributed by atoms with van der Waals surface area (Å²) in [6, 6.07) is 85.8. The van der Waals surface area contributed by atoms with Crippen LogP contribution in [0.2, 0.25) is 0 Å². The van der Waals surface area contributed by atoms with Crippen molar-refractivity contribution in [3.05, 3.63) is 270 Å². The first-order valence-electron chi connectivity index (χ1n) is 28.6. The van der Waals surface area contributed by atoms with Gasteiger partial charge in [0, 0.05) is 43.1 Å². The summed E-state index contributed by atoms with van der Waals surface area (Å²) in [5, 5.41) is 22.0. The minimum atomic E-state index is -0.322. The van der Waals surface area contributed by atoms with Crippen LogP contribution in [0, 0.1) is 6.92 Å². The molecule has 90 heavy (non-hydrogen) atoms. The highest BCUT2D eigenvalue weighted by Crippen LogP contribution is 2.44. The number of esters is 1. The molecule has 0 saturated carbocycles. The fraction of sp³-hybridized carbons (Fsp3) is 0.0263. The molecule has 0 unspecified atom stereocenters. The highest BCUT2D eigenvalue weighted by atomic mass is 79.9.